The van der Waals surface area contributed by atoms with E-state index in [1.54, 1.807) is 0 Å². The molecule has 0 aromatic rings. The fraction of sp³-hybridized carbons (Fsp3) is 1.00. The Hall–Kier alpha value is -0.0800. The van der Waals surface area contributed by atoms with Gasteiger partial charge in [0, 0.05) is 12.6 Å². The van der Waals surface area contributed by atoms with Crippen molar-refractivity contribution >= 4 is 0 Å². The molecule has 1 rings (SSSR count). The van der Waals surface area contributed by atoms with E-state index in [9.17, 15) is 0 Å². The van der Waals surface area contributed by atoms with Crippen molar-refractivity contribution in [1.82, 2.24) is 10.2 Å². The molecule has 2 heteroatoms. The lowest BCUT2D eigenvalue weighted by Crippen LogP contribution is -2.28. The van der Waals surface area contributed by atoms with Gasteiger partial charge in [-0.05, 0) is 64.1 Å². The summed E-state index contributed by atoms with van der Waals surface area (Å²) < 4.78 is 0. The molecule has 1 heterocycles. The van der Waals surface area contributed by atoms with Crippen LogP contribution in [0.1, 0.15) is 66.2 Å². The van der Waals surface area contributed by atoms with Crippen LogP contribution in [0.2, 0.25) is 0 Å². The second kappa shape index (κ2) is 8.16. The average molecular weight is 254 g/mol. The molecule has 108 valence electrons. The molecule has 0 spiro atoms. The SMILES string of the molecule is CCNC(C)CCCCN1CCC(CC)(CC)C1. The van der Waals surface area contributed by atoms with Crippen molar-refractivity contribution in [2.75, 3.05) is 26.2 Å². The maximum Gasteiger partial charge on any atom is 0.00386 e. The number of hydrogen-bond acceptors (Lipinski definition) is 2. The van der Waals surface area contributed by atoms with E-state index in [0.29, 0.717) is 11.5 Å². The number of rotatable bonds is 9. The lowest BCUT2D eigenvalue weighted by molar-refractivity contribution is 0.237. The molecule has 1 aliphatic heterocycles. The highest BCUT2D eigenvalue weighted by atomic mass is 15.2. The predicted molar refractivity (Wildman–Crippen MR) is 81.1 cm³/mol. The van der Waals surface area contributed by atoms with Gasteiger partial charge < -0.3 is 10.2 Å². The first-order valence-corrected chi connectivity index (χ1v) is 8.11. The first-order valence-electron chi connectivity index (χ1n) is 8.11. The monoisotopic (exact) mass is 254 g/mol. The number of nitrogens with zero attached hydrogens (tertiary/aromatic N) is 1. The van der Waals surface area contributed by atoms with Gasteiger partial charge in [0.2, 0.25) is 0 Å². The van der Waals surface area contributed by atoms with Gasteiger partial charge in [0.25, 0.3) is 0 Å². The highest BCUT2D eigenvalue weighted by Crippen LogP contribution is 2.36. The minimum atomic E-state index is 0.650. The van der Waals surface area contributed by atoms with Crippen LogP contribution in [0.15, 0.2) is 0 Å². The van der Waals surface area contributed by atoms with Gasteiger partial charge in [-0.1, -0.05) is 27.2 Å². The van der Waals surface area contributed by atoms with Crippen molar-refractivity contribution in [1.29, 1.82) is 0 Å². The Morgan fingerprint density at radius 2 is 1.89 bits per heavy atom. The van der Waals surface area contributed by atoms with Crippen molar-refractivity contribution < 1.29 is 0 Å². The van der Waals surface area contributed by atoms with Crippen LogP contribution in [0.3, 0.4) is 0 Å². The van der Waals surface area contributed by atoms with Gasteiger partial charge in [0.15, 0.2) is 0 Å². The van der Waals surface area contributed by atoms with Crippen LogP contribution in [0, 0.1) is 5.41 Å². The molecule has 0 aromatic carbocycles. The Labute approximate surface area is 115 Å². The van der Waals surface area contributed by atoms with Crippen LogP contribution in [0.4, 0.5) is 0 Å². The maximum absolute atomic E-state index is 3.49. The highest BCUT2D eigenvalue weighted by molar-refractivity contribution is 4.87. The molecule has 1 aliphatic rings. The number of nitrogens with one attached hydrogen (secondary N) is 1. The van der Waals surface area contributed by atoms with E-state index in [1.165, 1.54) is 58.2 Å². The topological polar surface area (TPSA) is 15.3 Å². The van der Waals surface area contributed by atoms with Crippen LogP contribution in [-0.4, -0.2) is 37.1 Å². The fourth-order valence-electron chi connectivity index (χ4n) is 3.28. The standard InChI is InChI=1S/C16H34N2/c1-5-16(6-2)11-13-18(14-16)12-9-8-10-15(4)17-7-3/h15,17H,5-14H2,1-4H3. The molecular weight excluding hydrogens is 220 g/mol. The van der Waals surface area contributed by atoms with E-state index >= 15 is 0 Å². The molecular formula is C16H34N2. The summed E-state index contributed by atoms with van der Waals surface area (Å²) in [4.78, 5) is 2.70. The molecule has 1 fully saturated rings. The summed E-state index contributed by atoms with van der Waals surface area (Å²) in [5.74, 6) is 0. The summed E-state index contributed by atoms with van der Waals surface area (Å²) in [7, 11) is 0. The molecule has 1 saturated heterocycles. The van der Waals surface area contributed by atoms with E-state index < -0.39 is 0 Å². The zero-order chi connectivity index (χ0) is 13.4. The van der Waals surface area contributed by atoms with Crippen LogP contribution < -0.4 is 5.32 Å². The Bertz CT molecular complexity index is 211. The molecule has 0 bridgehead atoms. The van der Waals surface area contributed by atoms with E-state index in [0.717, 1.165) is 6.54 Å². The summed E-state index contributed by atoms with van der Waals surface area (Å²) in [6, 6.07) is 0.693. The minimum absolute atomic E-state index is 0.650. The highest BCUT2D eigenvalue weighted by Gasteiger charge is 2.34. The normalized spacial score (nSPS) is 21.3. The molecule has 0 radical (unpaired) electrons. The van der Waals surface area contributed by atoms with E-state index in [1.807, 2.05) is 0 Å². The fourth-order valence-corrected chi connectivity index (χ4v) is 3.28. The van der Waals surface area contributed by atoms with Crippen LogP contribution >= 0.6 is 0 Å². The Kier molecular flexibility index (Phi) is 7.25. The third-order valence-electron chi connectivity index (χ3n) is 4.93. The van der Waals surface area contributed by atoms with Crippen molar-refractivity contribution in [3.63, 3.8) is 0 Å². The lowest BCUT2D eigenvalue weighted by atomic mass is 9.82. The van der Waals surface area contributed by atoms with Crippen molar-refractivity contribution in [2.24, 2.45) is 5.41 Å². The largest absolute Gasteiger partial charge is 0.315 e. The summed E-state index contributed by atoms with van der Waals surface area (Å²) in [6.45, 7) is 14.3. The van der Waals surface area contributed by atoms with Gasteiger partial charge in [0.05, 0.1) is 0 Å². The summed E-state index contributed by atoms with van der Waals surface area (Å²) in [5, 5.41) is 3.49. The van der Waals surface area contributed by atoms with Crippen molar-refractivity contribution in [2.45, 2.75) is 72.3 Å². The molecule has 1 unspecified atom stereocenters. The van der Waals surface area contributed by atoms with Crippen LogP contribution in [-0.2, 0) is 0 Å². The lowest BCUT2D eigenvalue weighted by Gasteiger charge is -2.26. The van der Waals surface area contributed by atoms with Gasteiger partial charge in [0.1, 0.15) is 0 Å². The van der Waals surface area contributed by atoms with E-state index in [4.69, 9.17) is 0 Å². The molecule has 0 aromatic heterocycles. The van der Waals surface area contributed by atoms with E-state index in [-0.39, 0.29) is 0 Å². The first kappa shape index (κ1) is 16.0. The molecule has 0 aliphatic carbocycles. The zero-order valence-corrected chi connectivity index (χ0v) is 13.1. The minimum Gasteiger partial charge on any atom is -0.315 e. The summed E-state index contributed by atoms with van der Waals surface area (Å²) in [6.07, 6.45) is 8.21. The second-order valence-corrected chi connectivity index (χ2v) is 6.19. The quantitative estimate of drug-likeness (QED) is 0.632. The van der Waals surface area contributed by atoms with Crippen LogP contribution in [0.5, 0.6) is 0 Å². The molecule has 0 amide bonds. The van der Waals surface area contributed by atoms with Gasteiger partial charge in [-0.15, -0.1) is 0 Å². The average Bonchev–Trinajstić information content (AvgIpc) is 2.79. The smallest absolute Gasteiger partial charge is 0.00386 e. The summed E-state index contributed by atoms with van der Waals surface area (Å²) in [5.41, 5.74) is 0.650. The Morgan fingerprint density at radius 3 is 2.44 bits per heavy atom. The van der Waals surface area contributed by atoms with Gasteiger partial charge in [-0.25, -0.2) is 0 Å². The second-order valence-electron chi connectivity index (χ2n) is 6.19. The Morgan fingerprint density at radius 1 is 1.17 bits per heavy atom. The molecule has 1 N–H and O–H groups in total. The first-order chi connectivity index (χ1) is 8.65. The van der Waals surface area contributed by atoms with Crippen molar-refractivity contribution in [3.05, 3.63) is 0 Å². The van der Waals surface area contributed by atoms with E-state index in [2.05, 4.69) is 37.9 Å². The number of unbranched alkanes of at least 4 members (excludes halogenated alkanes) is 1. The molecule has 18 heavy (non-hydrogen) atoms. The zero-order valence-electron chi connectivity index (χ0n) is 13.1. The van der Waals surface area contributed by atoms with Gasteiger partial charge in [-0.3, -0.25) is 0 Å². The number of hydrogen-bond donors (Lipinski definition) is 1. The van der Waals surface area contributed by atoms with Gasteiger partial charge in [-0.2, -0.15) is 0 Å². The third kappa shape index (κ3) is 4.89. The molecule has 0 saturated carbocycles. The summed E-state index contributed by atoms with van der Waals surface area (Å²) >= 11 is 0. The van der Waals surface area contributed by atoms with Crippen LogP contribution in [0.25, 0.3) is 0 Å². The number of likely N-dealkylation sites (tertiary alicyclic amines) is 1. The maximum atomic E-state index is 3.49. The Balaban J connectivity index is 2.11. The third-order valence-corrected chi connectivity index (χ3v) is 4.93. The molecule has 2 nitrogen and oxygen atoms in total. The van der Waals surface area contributed by atoms with Crippen molar-refractivity contribution in [3.8, 4) is 0 Å². The predicted octanol–water partition coefficient (Wildman–Crippen LogP) is 3.67. The molecule has 1 atom stereocenters. The van der Waals surface area contributed by atoms with Gasteiger partial charge >= 0.3 is 0 Å².